The maximum atomic E-state index is 13.0. The number of imidazole rings is 1. The number of rotatable bonds is 5. The Morgan fingerprint density at radius 3 is 2.59 bits per heavy atom. The number of aliphatic hydroxyl groups is 1. The highest BCUT2D eigenvalue weighted by Gasteiger charge is 2.33. The summed E-state index contributed by atoms with van der Waals surface area (Å²) in [6.45, 7) is 0. The zero-order valence-corrected chi connectivity index (χ0v) is 18.2. The molecule has 8 nitrogen and oxygen atoms in total. The number of nitrogens with zero attached hydrogens (tertiary/aromatic N) is 4. The van der Waals surface area contributed by atoms with Crippen LogP contribution in [0.4, 0.5) is 30.4 Å². The molecule has 0 aliphatic heterocycles. The second kappa shape index (κ2) is 8.45. The average molecular weight is 529 g/mol. The molecule has 0 saturated carbocycles. The average Bonchev–Trinajstić information content (AvgIpc) is 3.16. The topological polar surface area (TPSA) is 114 Å². The third-order valence-electron chi connectivity index (χ3n) is 4.46. The van der Waals surface area contributed by atoms with Crippen LogP contribution in [0.3, 0.4) is 0 Å². The van der Waals surface area contributed by atoms with E-state index in [4.69, 9.17) is 17.3 Å². The quantitative estimate of drug-likeness (QED) is 0.279. The standard InChI is InChI=1S/C19H14BrClF3N7O/c20-12-6-10(31-8-28-15-16(25)26-7-27-17(15)31)2-4-14(12)30-18(32)29-9-1-3-13(21)11(5-9)19(22,23)24/h1-8,18,29-30,32H,(H2,25,26,27). The Morgan fingerprint density at radius 1 is 1.09 bits per heavy atom. The maximum Gasteiger partial charge on any atom is 0.417 e. The molecule has 2 heterocycles. The summed E-state index contributed by atoms with van der Waals surface area (Å²) in [4.78, 5) is 12.3. The molecule has 1 unspecified atom stereocenters. The first-order valence-corrected chi connectivity index (χ1v) is 10.1. The lowest BCUT2D eigenvalue weighted by Crippen LogP contribution is -2.28. The summed E-state index contributed by atoms with van der Waals surface area (Å²) >= 11 is 9.03. The van der Waals surface area contributed by atoms with Crippen molar-refractivity contribution in [1.82, 2.24) is 19.5 Å². The van der Waals surface area contributed by atoms with E-state index in [1.807, 2.05) is 0 Å². The molecule has 0 amide bonds. The summed E-state index contributed by atoms with van der Waals surface area (Å²) in [5, 5.41) is 15.1. The Hall–Kier alpha value is -3.09. The van der Waals surface area contributed by atoms with Gasteiger partial charge in [-0.05, 0) is 52.3 Å². The lowest BCUT2D eigenvalue weighted by molar-refractivity contribution is -0.137. The summed E-state index contributed by atoms with van der Waals surface area (Å²) in [5.74, 6) is 0.260. The molecule has 0 saturated heterocycles. The van der Waals surface area contributed by atoms with Crippen molar-refractivity contribution in [3.63, 3.8) is 0 Å². The lowest BCUT2D eigenvalue weighted by Gasteiger charge is -2.19. The van der Waals surface area contributed by atoms with Gasteiger partial charge in [-0.2, -0.15) is 13.2 Å². The highest BCUT2D eigenvalue weighted by molar-refractivity contribution is 9.10. The molecule has 2 aromatic carbocycles. The van der Waals surface area contributed by atoms with E-state index >= 15 is 0 Å². The van der Waals surface area contributed by atoms with Crippen LogP contribution >= 0.6 is 27.5 Å². The van der Waals surface area contributed by atoms with Crippen LogP contribution in [0, 0.1) is 0 Å². The van der Waals surface area contributed by atoms with Crippen molar-refractivity contribution in [3.05, 3.63) is 64.1 Å². The molecule has 0 fully saturated rings. The first kappa shape index (κ1) is 22.1. The summed E-state index contributed by atoms with van der Waals surface area (Å²) < 4.78 is 41.4. The van der Waals surface area contributed by atoms with Crippen molar-refractivity contribution in [2.75, 3.05) is 16.4 Å². The molecule has 2 aromatic heterocycles. The first-order chi connectivity index (χ1) is 15.1. The van der Waals surface area contributed by atoms with E-state index in [1.165, 1.54) is 12.4 Å². The number of aromatic nitrogens is 4. The number of halogens is 5. The predicted molar refractivity (Wildman–Crippen MR) is 118 cm³/mol. The van der Waals surface area contributed by atoms with Crippen molar-refractivity contribution < 1.29 is 18.3 Å². The number of nitrogens with one attached hydrogen (secondary N) is 2. The van der Waals surface area contributed by atoms with E-state index in [0.717, 1.165) is 12.1 Å². The molecule has 0 radical (unpaired) electrons. The fraction of sp³-hybridized carbons (Fsp3) is 0.105. The number of alkyl halides is 3. The van der Waals surface area contributed by atoms with Gasteiger partial charge in [-0.1, -0.05) is 11.6 Å². The maximum absolute atomic E-state index is 13.0. The summed E-state index contributed by atoms with van der Waals surface area (Å²) in [6, 6.07) is 8.42. The fourth-order valence-electron chi connectivity index (χ4n) is 2.99. The van der Waals surface area contributed by atoms with Crippen LogP contribution in [0.5, 0.6) is 0 Å². The molecule has 0 spiro atoms. The number of aliphatic hydroxyl groups excluding tert-OH is 1. The van der Waals surface area contributed by atoms with E-state index in [1.54, 1.807) is 29.1 Å². The largest absolute Gasteiger partial charge is 0.417 e. The van der Waals surface area contributed by atoms with Gasteiger partial charge in [0, 0.05) is 15.8 Å². The van der Waals surface area contributed by atoms with Gasteiger partial charge in [0.05, 0.1) is 16.3 Å². The van der Waals surface area contributed by atoms with Crippen LogP contribution in [0.15, 0.2) is 53.5 Å². The van der Waals surface area contributed by atoms with Crippen LogP contribution in [0.1, 0.15) is 5.56 Å². The van der Waals surface area contributed by atoms with E-state index in [9.17, 15) is 18.3 Å². The molecule has 4 aromatic rings. The molecule has 166 valence electrons. The molecule has 0 bridgehead atoms. The molecule has 4 rings (SSSR count). The van der Waals surface area contributed by atoms with Gasteiger partial charge >= 0.3 is 6.18 Å². The Morgan fingerprint density at radius 2 is 1.88 bits per heavy atom. The van der Waals surface area contributed by atoms with Crippen molar-refractivity contribution in [2.45, 2.75) is 12.5 Å². The monoisotopic (exact) mass is 527 g/mol. The minimum Gasteiger partial charge on any atom is -0.382 e. The van der Waals surface area contributed by atoms with Crippen molar-refractivity contribution in [3.8, 4) is 5.69 Å². The highest BCUT2D eigenvalue weighted by atomic mass is 79.9. The Bertz CT molecular complexity index is 1300. The number of hydrogen-bond donors (Lipinski definition) is 4. The minimum absolute atomic E-state index is 0.0385. The molecule has 0 aliphatic carbocycles. The van der Waals surface area contributed by atoms with Crippen molar-refractivity contribution in [1.29, 1.82) is 0 Å². The van der Waals surface area contributed by atoms with Gasteiger partial charge in [0.15, 0.2) is 17.0 Å². The minimum atomic E-state index is -4.61. The van der Waals surface area contributed by atoms with Crippen molar-refractivity contribution >= 4 is 55.9 Å². The number of nitrogen functional groups attached to an aromatic ring is 1. The number of hydrogen-bond acceptors (Lipinski definition) is 7. The smallest absolute Gasteiger partial charge is 0.382 e. The normalized spacial score (nSPS) is 12.7. The molecule has 0 aliphatic rings. The van der Waals surface area contributed by atoms with E-state index < -0.39 is 23.1 Å². The summed E-state index contributed by atoms with van der Waals surface area (Å²) in [7, 11) is 0. The third-order valence-corrected chi connectivity index (χ3v) is 5.45. The van der Waals surface area contributed by atoms with Gasteiger partial charge in [-0.25, -0.2) is 15.0 Å². The molecule has 5 N–H and O–H groups in total. The second-order valence-corrected chi connectivity index (χ2v) is 7.85. The van der Waals surface area contributed by atoms with Gasteiger partial charge < -0.3 is 21.5 Å². The van der Waals surface area contributed by atoms with Crippen LogP contribution in [0.25, 0.3) is 16.9 Å². The number of benzene rings is 2. The van der Waals surface area contributed by atoms with Gasteiger partial charge in [-0.15, -0.1) is 0 Å². The van der Waals surface area contributed by atoms with E-state index in [0.29, 0.717) is 27.0 Å². The van der Waals surface area contributed by atoms with Crippen LogP contribution in [-0.4, -0.2) is 31.0 Å². The Kier molecular flexibility index (Phi) is 5.84. The second-order valence-electron chi connectivity index (χ2n) is 6.59. The molecule has 32 heavy (non-hydrogen) atoms. The fourth-order valence-corrected chi connectivity index (χ4v) is 3.69. The van der Waals surface area contributed by atoms with Gasteiger partial charge in [0.1, 0.15) is 12.7 Å². The molecule has 1 atom stereocenters. The van der Waals surface area contributed by atoms with E-state index in [2.05, 4.69) is 41.5 Å². The number of nitrogens with two attached hydrogens (primary N) is 1. The van der Waals surface area contributed by atoms with Crippen molar-refractivity contribution in [2.24, 2.45) is 0 Å². The Labute approximate surface area is 192 Å². The zero-order valence-electron chi connectivity index (χ0n) is 15.9. The number of fused-ring (bicyclic) bond motifs is 1. The van der Waals surface area contributed by atoms with Gasteiger partial charge in [-0.3, -0.25) is 4.57 Å². The highest BCUT2D eigenvalue weighted by Crippen LogP contribution is 2.36. The Balaban J connectivity index is 1.52. The van der Waals surface area contributed by atoms with Crippen LogP contribution in [-0.2, 0) is 6.18 Å². The lowest BCUT2D eigenvalue weighted by atomic mass is 10.2. The zero-order chi connectivity index (χ0) is 23.0. The van der Waals surface area contributed by atoms with E-state index in [-0.39, 0.29) is 11.5 Å². The molecule has 13 heteroatoms. The van der Waals surface area contributed by atoms with Crippen LogP contribution in [0.2, 0.25) is 5.02 Å². The SMILES string of the molecule is Nc1ncnc2c1ncn2-c1ccc(NC(O)Nc2ccc(Cl)c(C(F)(F)F)c2)c(Br)c1. The summed E-state index contributed by atoms with van der Waals surface area (Å²) in [5.41, 5.74) is 7.03. The first-order valence-electron chi connectivity index (χ1n) is 8.95. The predicted octanol–water partition coefficient (Wildman–Crippen LogP) is 4.63. The third kappa shape index (κ3) is 4.42. The van der Waals surface area contributed by atoms with Crippen LogP contribution < -0.4 is 16.4 Å². The summed E-state index contributed by atoms with van der Waals surface area (Å²) in [6.07, 6.45) is -3.11. The molecular formula is C19H14BrClF3N7O. The van der Waals surface area contributed by atoms with Gasteiger partial charge in [0.2, 0.25) is 6.35 Å². The molecular weight excluding hydrogens is 515 g/mol. The van der Waals surface area contributed by atoms with Gasteiger partial charge in [0.25, 0.3) is 0 Å². The number of anilines is 3.